The number of rotatable bonds is 4. The topological polar surface area (TPSA) is 61.3 Å². The predicted molar refractivity (Wildman–Crippen MR) is 51.8 cm³/mol. The van der Waals surface area contributed by atoms with Crippen LogP contribution < -0.4 is 5.73 Å². The van der Waals surface area contributed by atoms with E-state index in [1.807, 2.05) is 0 Å². The number of oxazole rings is 1. The Morgan fingerprint density at radius 2 is 2.50 bits per heavy atom. The Bertz CT molecular complexity index is 279. The van der Waals surface area contributed by atoms with Crippen molar-refractivity contribution in [2.24, 2.45) is 5.73 Å². The summed E-state index contributed by atoms with van der Waals surface area (Å²) in [5, 5.41) is 0. The van der Waals surface area contributed by atoms with E-state index in [-0.39, 0.29) is 6.10 Å². The number of nitrogens with zero attached hydrogens (tertiary/aromatic N) is 1. The quantitative estimate of drug-likeness (QED) is 0.791. The van der Waals surface area contributed by atoms with Crippen molar-refractivity contribution in [2.45, 2.75) is 31.8 Å². The van der Waals surface area contributed by atoms with Crippen molar-refractivity contribution >= 4 is 0 Å². The Hall–Kier alpha value is -0.870. The van der Waals surface area contributed by atoms with Crippen LogP contribution in [0.2, 0.25) is 0 Å². The summed E-state index contributed by atoms with van der Waals surface area (Å²) in [5.74, 6) is 0.779. The zero-order valence-electron chi connectivity index (χ0n) is 8.24. The molecule has 1 saturated heterocycles. The van der Waals surface area contributed by atoms with Crippen LogP contribution in [0.3, 0.4) is 0 Å². The molecule has 0 saturated carbocycles. The van der Waals surface area contributed by atoms with Crippen LogP contribution in [0.15, 0.2) is 10.7 Å². The van der Waals surface area contributed by atoms with E-state index >= 15 is 0 Å². The van der Waals surface area contributed by atoms with Gasteiger partial charge in [0.05, 0.1) is 0 Å². The van der Waals surface area contributed by atoms with Crippen molar-refractivity contribution in [1.82, 2.24) is 4.98 Å². The first-order chi connectivity index (χ1) is 6.90. The Morgan fingerprint density at radius 1 is 1.57 bits per heavy atom. The van der Waals surface area contributed by atoms with Gasteiger partial charge in [0.2, 0.25) is 0 Å². The Labute approximate surface area is 83.4 Å². The zero-order valence-corrected chi connectivity index (χ0v) is 8.24. The highest BCUT2D eigenvalue weighted by Crippen LogP contribution is 2.27. The van der Waals surface area contributed by atoms with Gasteiger partial charge in [-0.25, -0.2) is 4.98 Å². The van der Waals surface area contributed by atoms with Gasteiger partial charge in [0, 0.05) is 13.0 Å². The van der Waals surface area contributed by atoms with Gasteiger partial charge in [-0.2, -0.15) is 0 Å². The fourth-order valence-corrected chi connectivity index (χ4v) is 1.65. The van der Waals surface area contributed by atoms with E-state index in [2.05, 4.69) is 4.98 Å². The normalized spacial score (nSPS) is 21.6. The van der Waals surface area contributed by atoms with E-state index in [1.54, 1.807) is 6.26 Å². The van der Waals surface area contributed by atoms with Crippen LogP contribution >= 0.6 is 0 Å². The molecule has 4 nitrogen and oxygen atoms in total. The molecule has 1 aliphatic heterocycles. The average molecular weight is 196 g/mol. The smallest absolute Gasteiger partial charge is 0.194 e. The number of ether oxygens (including phenoxy) is 1. The number of aromatic nitrogens is 1. The van der Waals surface area contributed by atoms with Gasteiger partial charge in [-0.3, -0.25) is 0 Å². The summed E-state index contributed by atoms with van der Waals surface area (Å²) in [5.41, 5.74) is 6.35. The van der Waals surface area contributed by atoms with Gasteiger partial charge in [-0.1, -0.05) is 0 Å². The summed E-state index contributed by atoms with van der Waals surface area (Å²) >= 11 is 0. The van der Waals surface area contributed by atoms with E-state index in [9.17, 15) is 0 Å². The number of aryl methyl sites for hydroxylation is 1. The second-order valence-electron chi connectivity index (χ2n) is 3.56. The van der Waals surface area contributed by atoms with Gasteiger partial charge in [0.25, 0.3) is 0 Å². The third-order valence-electron chi connectivity index (χ3n) is 2.42. The highest BCUT2D eigenvalue weighted by atomic mass is 16.5. The Morgan fingerprint density at radius 3 is 3.21 bits per heavy atom. The molecule has 0 bridgehead atoms. The van der Waals surface area contributed by atoms with Crippen molar-refractivity contribution in [3.05, 3.63) is 17.8 Å². The number of hydrogen-bond acceptors (Lipinski definition) is 4. The molecule has 2 N–H and O–H groups in total. The lowest BCUT2D eigenvalue weighted by Gasteiger charge is -2.02. The second-order valence-corrected chi connectivity index (χ2v) is 3.56. The lowest BCUT2D eigenvalue weighted by atomic mass is 10.2. The SMILES string of the molecule is NCCCc1nc(C2CCCO2)co1. The minimum Gasteiger partial charge on any atom is -0.449 e. The first kappa shape index (κ1) is 9.68. The third-order valence-corrected chi connectivity index (χ3v) is 2.42. The third kappa shape index (κ3) is 2.13. The maximum absolute atomic E-state index is 5.51. The minimum atomic E-state index is 0.158. The lowest BCUT2D eigenvalue weighted by Crippen LogP contribution is -2.01. The summed E-state index contributed by atoms with van der Waals surface area (Å²) in [4.78, 5) is 4.38. The van der Waals surface area contributed by atoms with Crippen LogP contribution in [-0.4, -0.2) is 18.1 Å². The fourth-order valence-electron chi connectivity index (χ4n) is 1.65. The van der Waals surface area contributed by atoms with Crippen molar-refractivity contribution in [3.63, 3.8) is 0 Å². The number of nitrogens with two attached hydrogens (primary N) is 1. The molecule has 1 fully saturated rings. The van der Waals surface area contributed by atoms with Crippen LogP contribution in [0.5, 0.6) is 0 Å². The monoisotopic (exact) mass is 196 g/mol. The molecule has 0 radical (unpaired) electrons. The average Bonchev–Trinajstić information content (AvgIpc) is 2.85. The molecule has 1 aromatic heterocycles. The largest absolute Gasteiger partial charge is 0.449 e. The molecule has 1 atom stereocenters. The second kappa shape index (κ2) is 4.57. The molecule has 1 aromatic rings. The van der Waals surface area contributed by atoms with E-state index < -0.39 is 0 Å². The Kier molecular flexibility index (Phi) is 3.16. The highest BCUT2D eigenvalue weighted by molar-refractivity contribution is 5.02. The maximum Gasteiger partial charge on any atom is 0.194 e. The molecule has 1 aliphatic rings. The van der Waals surface area contributed by atoms with Gasteiger partial charge in [0.15, 0.2) is 5.89 Å². The van der Waals surface area contributed by atoms with Crippen LogP contribution in [0.25, 0.3) is 0 Å². The van der Waals surface area contributed by atoms with Gasteiger partial charge in [-0.05, 0) is 25.8 Å². The molecule has 0 aromatic carbocycles. The summed E-state index contributed by atoms with van der Waals surface area (Å²) in [6.45, 7) is 1.52. The predicted octanol–water partition coefficient (Wildman–Crippen LogP) is 1.42. The molecule has 78 valence electrons. The summed E-state index contributed by atoms with van der Waals surface area (Å²) in [6, 6.07) is 0. The number of hydrogen-bond donors (Lipinski definition) is 1. The molecule has 2 heterocycles. The van der Waals surface area contributed by atoms with Crippen LogP contribution in [0.1, 0.15) is 37.0 Å². The van der Waals surface area contributed by atoms with E-state index in [0.29, 0.717) is 6.54 Å². The first-order valence-corrected chi connectivity index (χ1v) is 5.16. The molecule has 1 unspecified atom stereocenters. The lowest BCUT2D eigenvalue weighted by molar-refractivity contribution is 0.108. The molecule has 4 heteroatoms. The molecule has 0 spiro atoms. The molecule has 14 heavy (non-hydrogen) atoms. The van der Waals surface area contributed by atoms with Crippen molar-refractivity contribution < 1.29 is 9.15 Å². The molecule has 2 rings (SSSR count). The van der Waals surface area contributed by atoms with Gasteiger partial charge in [0.1, 0.15) is 18.1 Å². The van der Waals surface area contributed by atoms with Crippen molar-refractivity contribution in [2.75, 3.05) is 13.2 Å². The summed E-state index contributed by atoms with van der Waals surface area (Å²) in [6.07, 6.45) is 5.79. The summed E-state index contributed by atoms with van der Waals surface area (Å²) in [7, 11) is 0. The fraction of sp³-hybridized carbons (Fsp3) is 0.700. The molecule has 0 aliphatic carbocycles. The standard InChI is InChI=1S/C10H16N2O2/c11-5-1-4-10-12-8(7-14-10)9-3-2-6-13-9/h7,9H,1-6,11H2. The highest BCUT2D eigenvalue weighted by Gasteiger charge is 2.20. The minimum absolute atomic E-state index is 0.158. The van der Waals surface area contributed by atoms with E-state index in [1.165, 1.54) is 0 Å². The van der Waals surface area contributed by atoms with E-state index in [4.69, 9.17) is 14.9 Å². The van der Waals surface area contributed by atoms with E-state index in [0.717, 1.165) is 43.9 Å². The van der Waals surface area contributed by atoms with Crippen LogP contribution in [0.4, 0.5) is 0 Å². The van der Waals surface area contributed by atoms with Crippen molar-refractivity contribution in [1.29, 1.82) is 0 Å². The van der Waals surface area contributed by atoms with Crippen molar-refractivity contribution in [3.8, 4) is 0 Å². The van der Waals surface area contributed by atoms with Gasteiger partial charge in [-0.15, -0.1) is 0 Å². The van der Waals surface area contributed by atoms with Crippen LogP contribution in [-0.2, 0) is 11.2 Å². The van der Waals surface area contributed by atoms with Crippen LogP contribution in [0, 0.1) is 0 Å². The molecular weight excluding hydrogens is 180 g/mol. The van der Waals surface area contributed by atoms with Gasteiger partial charge >= 0.3 is 0 Å². The molecular formula is C10H16N2O2. The first-order valence-electron chi connectivity index (χ1n) is 5.16. The molecule has 0 amide bonds. The zero-order chi connectivity index (χ0) is 9.80. The maximum atomic E-state index is 5.51. The Balaban J connectivity index is 1.94. The summed E-state index contributed by atoms with van der Waals surface area (Å²) < 4.78 is 10.8. The van der Waals surface area contributed by atoms with Gasteiger partial charge < -0.3 is 14.9 Å².